The number of methoxy groups -OCH3 is 1. The Balaban J connectivity index is 3.18. The van der Waals surface area contributed by atoms with Crippen molar-refractivity contribution >= 4 is 9.84 Å². The van der Waals surface area contributed by atoms with Crippen molar-refractivity contribution in [1.29, 1.82) is 0 Å². The maximum atomic E-state index is 11.6. The summed E-state index contributed by atoms with van der Waals surface area (Å²) >= 11 is 0. The number of benzene rings is 1. The van der Waals surface area contributed by atoms with Gasteiger partial charge in [0.2, 0.25) is 0 Å². The molecule has 2 unspecified atom stereocenters. The van der Waals surface area contributed by atoms with E-state index in [4.69, 9.17) is 4.74 Å². The Bertz CT molecular complexity index is 470. The Labute approximate surface area is 103 Å². The summed E-state index contributed by atoms with van der Waals surface area (Å²) in [6.07, 6.45) is 1.25. The smallest absolute Gasteiger partial charge is 0.151 e. The average Bonchev–Trinajstić information content (AvgIpc) is 2.29. The largest absolute Gasteiger partial charge is 0.496 e. The number of hydrogen-bond acceptors (Lipinski definition) is 4. The SMILES string of the molecule is CNC(c1ccccc1OC)C(C)S(C)(=O)=O. The van der Waals surface area contributed by atoms with Crippen molar-refractivity contribution in [2.24, 2.45) is 0 Å². The van der Waals surface area contributed by atoms with Gasteiger partial charge in [0.15, 0.2) is 9.84 Å². The first-order valence-electron chi connectivity index (χ1n) is 5.41. The summed E-state index contributed by atoms with van der Waals surface area (Å²) in [5.74, 6) is 0.697. The van der Waals surface area contributed by atoms with Crippen LogP contribution in [0.15, 0.2) is 24.3 Å². The lowest BCUT2D eigenvalue weighted by Crippen LogP contribution is -2.33. The molecule has 0 saturated heterocycles. The van der Waals surface area contributed by atoms with E-state index in [-0.39, 0.29) is 6.04 Å². The molecule has 0 aliphatic carbocycles. The minimum Gasteiger partial charge on any atom is -0.496 e. The molecule has 4 nitrogen and oxygen atoms in total. The predicted molar refractivity (Wildman–Crippen MR) is 69.1 cm³/mol. The fraction of sp³-hybridized carbons (Fsp3) is 0.500. The Morgan fingerprint density at radius 1 is 1.29 bits per heavy atom. The standard InChI is InChI=1S/C12H19NO3S/c1-9(17(4,14)15)12(13-2)10-7-5-6-8-11(10)16-3/h5-9,12-13H,1-4H3. The third-order valence-electron chi connectivity index (χ3n) is 2.93. The molecule has 1 N–H and O–H groups in total. The van der Waals surface area contributed by atoms with E-state index >= 15 is 0 Å². The van der Waals surface area contributed by atoms with Gasteiger partial charge >= 0.3 is 0 Å². The van der Waals surface area contributed by atoms with Gasteiger partial charge in [-0.2, -0.15) is 0 Å². The molecule has 0 radical (unpaired) electrons. The summed E-state index contributed by atoms with van der Waals surface area (Å²) in [6, 6.07) is 7.16. The first-order valence-corrected chi connectivity index (χ1v) is 7.36. The molecule has 0 heterocycles. The van der Waals surface area contributed by atoms with Gasteiger partial charge in [0, 0.05) is 11.8 Å². The van der Waals surface area contributed by atoms with Crippen molar-refractivity contribution in [3.63, 3.8) is 0 Å². The van der Waals surface area contributed by atoms with Crippen LogP contribution in [0.1, 0.15) is 18.5 Å². The second-order valence-electron chi connectivity index (χ2n) is 4.04. The number of ether oxygens (including phenoxy) is 1. The number of nitrogens with one attached hydrogen (secondary N) is 1. The molecule has 0 aromatic heterocycles. The van der Waals surface area contributed by atoms with Crippen LogP contribution in [-0.2, 0) is 9.84 Å². The van der Waals surface area contributed by atoms with E-state index in [0.717, 1.165) is 5.56 Å². The highest BCUT2D eigenvalue weighted by Gasteiger charge is 2.27. The van der Waals surface area contributed by atoms with Gasteiger partial charge in [-0.3, -0.25) is 0 Å². The van der Waals surface area contributed by atoms with Gasteiger partial charge in [0.25, 0.3) is 0 Å². The van der Waals surface area contributed by atoms with Crippen molar-refractivity contribution in [2.45, 2.75) is 18.2 Å². The first kappa shape index (κ1) is 14.0. The third-order valence-corrected chi connectivity index (χ3v) is 4.55. The first-order chi connectivity index (χ1) is 7.91. The molecule has 0 aliphatic rings. The number of hydrogen-bond donors (Lipinski definition) is 1. The molecule has 1 aromatic carbocycles. The van der Waals surface area contributed by atoms with E-state index in [1.165, 1.54) is 6.26 Å². The normalized spacial score (nSPS) is 15.3. The molecular weight excluding hydrogens is 238 g/mol. The Kier molecular flexibility index (Phi) is 4.54. The lowest BCUT2D eigenvalue weighted by Gasteiger charge is -2.24. The summed E-state index contributed by atoms with van der Waals surface area (Å²) in [4.78, 5) is 0. The lowest BCUT2D eigenvalue weighted by atomic mass is 10.0. The highest BCUT2D eigenvalue weighted by Crippen LogP contribution is 2.29. The second-order valence-corrected chi connectivity index (χ2v) is 6.45. The summed E-state index contributed by atoms with van der Waals surface area (Å²) in [6.45, 7) is 1.70. The molecule has 0 fully saturated rings. The average molecular weight is 257 g/mol. The summed E-state index contributed by atoms with van der Waals surface area (Å²) < 4.78 is 28.5. The minimum atomic E-state index is -3.11. The van der Waals surface area contributed by atoms with Crippen LogP contribution >= 0.6 is 0 Å². The Hall–Kier alpha value is -1.07. The molecule has 0 aliphatic heterocycles. The molecule has 5 heteroatoms. The van der Waals surface area contributed by atoms with Crippen molar-refractivity contribution < 1.29 is 13.2 Å². The third kappa shape index (κ3) is 3.20. The molecule has 1 aromatic rings. The highest BCUT2D eigenvalue weighted by molar-refractivity contribution is 7.91. The van der Waals surface area contributed by atoms with Gasteiger partial charge in [-0.05, 0) is 20.0 Å². The van der Waals surface area contributed by atoms with Crippen molar-refractivity contribution in [3.05, 3.63) is 29.8 Å². The van der Waals surface area contributed by atoms with Gasteiger partial charge in [0.05, 0.1) is 18.4 Å². The molecule has 2 atom stereocenters. The van der Waals surface area contributed by atoms with Gasteiger partial charge < -0.3 is 10.1 Å². The quantitative estimate of drug-likeness (QED) is 0.866. The Morgan fingerprint density at radius 3 is 2.35 bits per heavy atom. The fourth-order valence-electron chi connectivity index (χ4n) is 1.81. The van der Waals surface area contributed by atoms with E-state index in [9.17, 15) is 8.42 Å². The van der Waals surface area contributed by atoms with E-state index in [1.54, 1.807) is 21.1 Å². The number of rotatable bonds is 5. The zero-order chi connectivity index (χ0) is 13.1. The van der Waals surface area contributed by atoms with Crippen LogP contribution < -0.4 is 10.1 Å². The van der Waals surface area contributed by atoms with Crippen molar-refractivity contribution in [3.8, 4) is 5.75 Å². The van der Waals surface area contributed by atoms with Gasteiger partial charge in [-0.25, -0.2) is 8.42 Å². The predicted octanol–water partition coefficient (Wildman–Crippen LogP) is 1.39. The highest BCUT2D eigenvalue weighted by atomic mass is 32.2. The summed E-state index contributed by atoms with van der Waals surface area (Å²) in [5.41, 5.74) is 0.857. The lowest BCUT2D eigenvalue weighted by molar-refractivity contribution is 0.400. The molecule has 0 saturated carbocycles. The topological polar surface area (TPSA) is 55.4 Å². The number of sulfone groups is 1. The van der Waals surface area contributed by atoms with E-state index in [2.05, 4.69) is 5.32 Å². The Morgan fingerprint density at radius 2 is 1.88 bits per heavy atom. The van der Waals surface area contributed by atoms with Gasteiger partial charge in [-0.15, -0.1) is 0 Å². The molecule has 0 amide bonds. The zero-order valence-electron chi connectivity index (χ0n) is 10.6. The van der Waals surface area contributed by atoms with Crippen LogP contribution in [0.4, 0.5) is 0 Å². The maximum Gasteiger partial charge on any atom is 0.151 e. The molecule has 0 spiro atoms. The van der Waals surface area contributed by atoms with E-state index < -0.39 is 15.1 Å². The fourth-order valence-corrected chi connectivity index (χ4v) is 2.59. The van der Waals surface area contributed by atoms with Crippen LogP contribution in [0.5, 0.6) is 5.75 Å². The van der Waals surface area contributed by atoms with Crippen LogP contribution in [0.25, 0.3) is 0 Å². The van der Waals surface area contributed by atoms with Gasteiger partial charge in [-0.1, -0.05) is 18.2 Å². The van der Waals surface area contributed by atoms with Crippen LogP contribution in [0, 0.1) is 0 Å². The minimum absolute atomic E-state index is 0.277. The molecular formula is C12H19NO3S. The van der Waals surface area contributed by atoms with Crippen molar-refractivity contribution in [1.82, 2.24) is 5.32 Å². The maximum absolute atomic E-state index is 11.6. The number of para-hydroxylation sites is 1. The summed E-state index contributed by atoms with van der Waals surface area (Å²) in [7, 11) is 0.223. The molecule has 1 rings (SSSR count). The van der Waals surface area contributed by atoms with E-state index in [0.29, 0.717) is 5.75 Å². The zero-order valence-corrected chi connectivity index (χ0v) is 11.4. The monoisotopic (exact) mass is 257 g/mol. The van der Waals surface area contributed by atoms with Crippen LogP contribution in [-0.4, -0.2) is 34.1 Å². The van der Waals surface area contributed by atoms with Crippen LogP contribution in [0.2, 0.25) is 0 Å². The molecule has 96 valence electrons. The second kappa shape index (κ2) is 5.51. The van der Waals surface area contributed by atoms with Crippen LogP contribution in [0.3, 0.4) is 0 Å². The molecule has 0 bridgehead atoms. The van der Waals surface area contributed by atoms with Crippen molar-refractivity contribution in [2.75, 3.05) is 20.4 Å². The molecule has 17 heavy (non-hydrogen) atoms. The summed E-state index contributed by atoms with van der Waals surface area (Å²) in [5, 5.41) is 2.53. The van der Waals surface area contributed by atoms with Gasteiger partial charge in [0.1, 0.15) is 5.75 Å². The van der Waals surface area contributed by atoms with E-state index in [1.807, 2.05) is 24.3 Å².